The normalized spacial score (nSPS) is 13.3. The van der Waals surface area contributed by atoms with Crippen LogP contribution in [0.1, 0.15) is 12.0 Å². The third-order valence-corrected chi connectivity index (χ3v) is 6.12. The smallest absolute Gasteiger partial charge is 0.384 e. The van der Waals surface area contributed by atoms with E-state index in [1.807, 2.05) is 0 Å². The molecule has 3 rings (SSSR count). The molecule has 2 heterocycles. The summed E-state index contributed by atoms with van der Waals surface area (Å²) in [6.45, 7) is 1.17. The van der Waals surface area contributed by atoms with Crippen molar-refractivity contribution in [3.63, 3.8) is 0 Å². The Labute approximate surface area is 182 Å². The number of aliphatic hydroxyl groups excluding tert-OH is 1. The van der Waals surface area contributed by atoms with Gasteiger partial charge >= 0.3 is 6.18 Å². The van der Waals surface area contributed by atoms with Crippen LogP contribution in [-0.2, 0) is 17.1 Å². The van der Waals surface area contributed by atoms with Crippen LogP contribution in [0.4, 0.5) is 19.0 Å². The van der Waals surface area contributed by atoms with Crippen molar-refractivity contribution in [3.05, 3.63) is 42.4 Å². The zero-order valence-corrected chi connectivity index (χ0v) is 17.9. The number of nitrogens with two attached hydrogens (primary N) is 1. The van der Waals surface area contributed by atoms with E-state index in [1.165, 1.54) is 18.3 Å². The lowest BCUT2D eigenvalue weighted by Crippen LogP contribution is -2.34. The molecule has 1 atom stereocenters. The van der Waals surface area contributed by atoms with Gasteiger partial charge in [-0.3, -0.25) is 4.68 Å². The Balaban J connectivity index is 1.89. The minimum atomic E-state index is -4.82. The Morgan fingerprint density at radius 1 is 1.28 bits per heavy atom. The highest BCUT2D eigenvalue weighted by molar-refractivity contribution is 7.89. The van der Waals surface area contributed by atoms with Gasteiger partial charge in [0.2, 0.25) is 10.0 Å². The molecule has 1 aromatic carbocycles. The second-order valence-corrected chi connectivity index (χ2v) is 8.88. The third kappa shape index (κ3) is 5.23. The molecule has 0 amide bonds. The fourth-order valence-corrected chi connectivity index (χ4v) is 3.98. The molecule has 9 nitrogen and oxygen atoms in total. The van der Waals surface area contributed by atoms with Crippen LogP contribution in [0.15, 0.2) is 41.7 Å². The van der Waals surface area contributed by atoms with E-state index in [-0.39, 0.29) is 10.7 Å². The van der Waals surface area contributed by atoms with Crippen molar-refractivity contribution < 1.29 is 26.7 Å². The quantitative estimate of drug-likeness (QED) is 0.481. The molecule has 172 valence electrons. The van der Waals surface area contributed by atoms with Gasteiger partial charge in [0.15, 0.2) is 6.10 Å². The number of sulfonamides is 1. The molecule has 13 heteroatoms. The van der Waals surface area contributed by atoms with E-state index < -0.39 is 35.3 Å². The molecule has 0 fully saturated rings. The Bertz CT molecular complexity index is 1230. The van der Waals surface area contributed by atoms with E-state index >= 15 is 0 Å². The number of nitrogens with zero attached hydrogens (tertiary/aromatic N) is 4. The zero-order chi connectivity index (χ0) is 23.7. The number of hydrogen-bond donors (Lipinski definition) is 3. The second-order valence-electron chi connectivity index (χ2n) is 7.11. The van der Waals surface area contributed by atoms with Crippen LogP contribution in [0, 0.1) is 6.92 Å². The predicted molar refractivity (Wildman–Crippen MR) is 111 cm³/mol. The fourth-order valence-electron chi connectivity index (χ4n) is 2.91. The lowest BCUT2D eigenvalue weighted by molar-refractivity contribution is -0.204. The van der Waals surface area contributed by atoms with E-state index in [9.17, 15) is 21.6 Å². The van der Waals surface area contributed by atoms with Gasteiger partial charge in [0, 0.05) is 30.9 Å². The first-order valence-corrected chi connectivity index (χ1v) is 10.8. The van der Waals surface area contributed by atoms with Gasteiger partial charge in [-0.2, -0.15) is 18.3 Å². The van der Waals surface area contributed by atoms with Crippen molar-refractivity contribution in [3.8, 4) is 22.5 Å². The number of aromatic nitrogens is 4. The molecule has 0 aliphatic heterocycles. The summed E-state index contributed by atoms with van der Waals surface area (Å²) >= 11 is 0. The molecule has 0 aliphatic carbocycles. The van der Waals surface area contributed by atoms with Crippen LogP contribution < -0.4 is 10.5 Å². The first-order valence-electron chi connectivity index (χ1n) is 9.35. The molecule has 0 bridgehead atoms. The third-order valence-electron chi connectivity index (χ3n) is 4.66. The van der Waals surface area contributed by atoms with E-state index in [1.54, 1.807) is 37.1 Å². The summed E-state index contributed by atoms with van der Waals surface area (Å²) in [4.78, 5) is 8.49. The number of anilines is 1. The maximum absolute atomic E-state index is 12.6. The number of halogens is 3. The summed E-state index contributed by atoms with van der Waals surface area (Å²) in [6.07, 6.45) is -3.56. The number of aryl methyl sites for hydroxylation is 2. The van der Waals surface area contributed by atoms with Gasteiger partial charge in [0.1, 0.15) is 11.5 Å². The van der Waals surface area contributed by atoms with Crippen molar-refractivity contribution >= 4 is 15.8 Å². The van der Waals surface area contributed by atoms with Gasteiger partial charge < -0.3 is 10.8 Å². The van der Waals surface area contributed by atoms with E-state index in [4.69, 9.17) is 10.8 Å². The van der Waals surface area contributed by atoms with Crippen molar-refractivity contribution in [1.29, 1.82) is 0 Å². The number of rotatable bonds is 7. The van der Waals surface area contributed by atoms with E-state index in [0.29, 0.717) is 28.1 Å². The highest BCUT2D eigenvalue weighted by Crippen LogP contribution is 2.29. The molecule has 0 spiro atoms. The average Bonchev–Trinajstić information content (AvgIpc) is 3.14. The van der Waals surface area contributed by atoms with Crippen molar-refractivity contribution in [2.24, 2.45) is 7.05 Å². The number of alkyl halides is 3. The summed E-state index contributed by atoms with van der Waals surface area (Å²) in [5, 5.41) is 13.1. The number of nitrogen functional groups attached to an aromatic ring is 1. The summed E-state index contributed by atoms with van der Waals surface area (Å²) in [5.41, 5.74) is 8.47. The first kappa shape index (κ1) is 23.6. The molecule has 0 saturated heterocycles. The molecule has 0 radical (unpaired) electrons. The predicted octanol–water partition coefficient (Wildman–Crippen LogP) is 2.03. The summed E-state index contributed by atoms with van der Waals surface area (Å²) < 4.78 is 66.0. The molecule has 32 heavy (non-hydrogen) atoms. The number of aliphatic hydroxyl groups is 1. The van der Waals surface area contributed by atoms with Crippen LogP contribution in [0.25, 0.3) is 22.5 Å². The van der Waals surface area contributed by atoms with E-state index in [2.05, 4.69) is 19.8 Å². The highest BCUT2D eigenvalue weighted by Gasteiger charge is 2.37. The minimum absolute atomic E-state index is 0.166. The van der Waals surface area contributed by atoms with Gasteiger partial charge in [0.05, 0.1) is 23.0 Å². The van der Waals surface area contributed by atoms with Crippen LogP contribution in [-0.4, -0.2) is 52.1 Å². The minimum Gasteiger partial charge on any atom is -0.384 e. The van der Waals surface area contributed by atoms with Crippen LogP contribution in [0.3, 0.4) is 0 Å². The molecule has 1 unspecified atom stereocenters. The fraction of sp³-hybridized carbons (Fsp3) is 0.316. The van der Waals surface area contributed by atoms with Crippen LogP contribution >= 0.6 is 0 Å². The van der Waals surface area contributed by atoms with Crippen molar-refractivity contribution in [2.45, 2.75) is 30.5 Å². The Morgan fingerprint density at radius 3 is 2.62 bits per heavy atom. The van der Waals surface area contributed by atoms with Crippen LogP contribution in [0.2, 0.25) is 0 Å². The zero-order valence-electron chi connectivity index (χ0n) is 17.1. The Hall–Kier alpha value is -3.03. The van der Waals surface area contributed by atoms with Gasteiger partial charge in [-0.05, 0) is 31.0 Å². The molecule has 0 saturated carbocycles. The van der Waals surface area contributed by atoms with Gasteiger partial charge in [-0.1, -0.05) is 6.07 Å². The standard InChI is InChI=1S/C19H21F3N6O3S/c1-11-3-4-13(32(30,31)26-6-5-16(29)19(20,21)22)7-14(11)15-9-24-18(23)17(27-15)12-8-25-28(2)10-12/h3-4,7-10,16,26,29H,5-6H2,1-2H3,(H2,23,24). The van der Waals surface area contributed by atoms with Crippen LogP contribution in [0.5, 0.6) is 0 Å². The molecular weight excluding hydrogens is 449 g/mol. The SMILES string of the molecule is Cc1ccc(S(=O)(=O)NCCC(O)C(F)(F)F)cc1-c1cnc(N)c(-c2cnn(C)c2)n1. The summed E-state index contributed by atoms with van der Waals surface area (Å²) in [6, 6.07) is 4.23. The Kier molecular flexibility index (Phi) is 6.53. The van der Waals surface area contributed by atoms with Crippen molar-refractivity contribution in [1.82, 2.24) is 24.5 Å². The largest absolute Gasteiger partial charge is 0.414 e. The molecule has 0 aliphatic rings. The maximum Gasteiger partial charge on any atom is 0.414 e. The second kappa shape index (κ2) is 8.84. The first-order chi connectivity index (χ1) is 14.9. The maximum atomic E-state index is 12.6. The number of benzene rings is 1. The molecule has 3 aromatic rings. The summed E-state index contributed by atoms with van der Waals surface area (Å²) in [7, 11) is -2.40. The van der Waals surface area contributed by atoms with Gasteiger partial charge in [-0.25, -0.2) is 23.1 Å². The number of hydrogen-bond acceptors (Lipinski definition) is 7. The van der Waals surface area contributed by atoms with Gasteiger partial charge in [0.25, 0.3) is 0 Å². The molecule has 2 aromatic heterocycles. The van der Waals surface area contributed by atoms with Crippen molar-refractivity contribution in [2.75, 3.05) is 12.3 Å². The van der Waals surface area contributed by atoms with Gasteiger partial charge in [-0.15, -0.1) is 0 Å². The molecular formula is C19H21F3N6O3S. The molecule has 4 N–H and O–H groups in total. The topological polar surface area (TPSA) is 136 Å². The highest BCUT2D eigenvalue weighted by atomic mass is 32.2. The average molecular weight is 470 g/mol. The lowest BCUT2D eigenvalue weighted by atomic mass is 10.1. The number of nitrogens with one attached hydrogen (secondary N) is 1. The Morgan fingerprint density at radius 2 is 2.00 bits per heavy atom. The van der Waals surface area contributed by atoms with E-state index in [0.717, 1.165) is 0 Å². The monoisotopic (exact) mass is 470 g/mol. The summed E-state index contributed by atoms with van der Waals surface area (Å²) in [5.74, 6) is 0.174. The lowest BCUT2D eigenvalue weighted by Gasteiger charge is -2.15.